The molecule has 0 aliphatic carbocycles. The van der Waals surface area contributed by atoms with Gasteiger partial charge in [0.2, 0.25) is 0 Å². The van der Waals surface area contributed by atoms with Crippen LogP contribution in [0.15, 0.2) is 43.1 Å². The second-order valence-electron chi connectivity index (χ2n) is 9.85. The lowest BCUT2D eigenvalue weighted by Crippen LogP contribution is -2.55. The Balaban J connectivity index is 1.68. The van der Waals surface area contributed by atoms with Gasteiger partial charge in [-0.15, -0.1) is 6.58 Å². The van der Waals surface area contributed by atoms with Crippen LogP contribution < -0.4 is 4.74 Å². The Morgan fingerprint density at radius 2 is 2.16 bits per heavy atom. The van der Waals surface area contributed by atoms with Crippen molar-refractivity contribution >= 4 is 16.9 Å². The van der Waals surface area contributed by atoms with E-state index >= 15 is 0 Å². The highest BCUT2D eigenvalue weighted by molar-refractivity contribution is 5.84. The second-order valence-corrected chi connectivity index (χ2v) is 9.85. The van der Waals surface area contributed by atoms with E-state index in [9.17, 15) is 4.79 Å². The number of methoxy groups -OCH3 is 1. The summed E-state index contributed by atoms with van der Waals surface area (Å²) >= 11 is 0. The van der Waals surface area contributed by atoms with E-state index in [1.807, 2.05) is 51.2 Å². The molecule has 6 nitrogen and oxygen atoms in total. The Labute approximate surface area is 190 Å². The Morgan fingerprint density at radius 3 is 2.81 bits per heavy atom. The van der Waals surface area contributed by atoms with Gasteiger partial charge in [0.25, 0.3) is 0 Å². The number of rotatable bonds is 7. The van der Waals surface area contributed by atoms with E-state index in [2.05, 4.69) is 22.5 Å². The zero-order chi connectivity index (χ0) is 22.9. The van der Waals surface area contributed by atoms with E-state index in [0.29, 0.717) is 11.8 Å². The van der Waals surface area contributed by atoms with Crippen LogP contribution in [0.4, 0.5) is 0 Å². The largest absolute Gasteiger partial charge is 0.497 e. The molecule has 0 N–H and O–H groups in total. The molecule has 1 aromatic heterocycles. The molecule has 1 aromatic carbocycles. The highest BCUT2D eigenvalue weighted by Crippen LogP contribution is 2.43. The van der Waals surface area contributed by atoms with Crippen LogP contribution in [0.3, 0.4) is 0 Å². The Bertz CT molecular complexity index is 983. The molecule has 5 rings (SSSR count). The summed E-state index contributed by atoms with van der Waals surface area (Å²) in [6.45, 7) is 11.6. The quantitative estimate of drug-likeness (QED) is 0.467. The van der Waals surface area contributed by atoms with Gasteiger partial charge in [-0.25, -0.2) is 4.79 Å². The predicted molar refractivity (Wildman–Crippen MR) is 125 cm³/mol. The van der Waals surface area contributed by atoms with Crippen molar-refractivity contribution in [1.29, 1.82) is 0 Å². The number of carbonyl (C=O) groups is 1. The van der Waals surface area contributed by atoms with Crippen LogP contribution in [0.2, 0.25) is 0 Å². The van der Waals surface area contributed by atoms with Crippen LogP contribution in [0.1, 0.15) is 45.3 Å². The van der Waals surface area contributed by atoms with E-state index in [4.69, 9.17) is 14.2 Å². The molecule has 0 radical (unpaired) electrons. The summed E-state index contributed by atoms with van der Waals surface area (Å²) in [5.74, 6) is 1.53. The number of benzene rings is 1. The first-order valence-electron chi connectivity index (χ1n) is 11.4. The summed E-state index contributed by atoms with van der Waals surface area (Å²) in [4.78, 5) is 19.5. The second kappa shape index (κ2) is 9.20. The fourth-order valence-electron chi connectivity index (χ4n) is 5.15. The molecule has 4 heterocycles. The molecular formula is C26H34N2O4. The van der Waals surface area contributed by atoms with Gasteiger partial charge in [-0.2, -0.15) is 0 Å². The van der Waals surface area contributed by atoms with Crippen LogP contribution in [0.5, 0.6) is 5.75 Å². The molecule has 5 atom stereocenters. The fourth-order valence-corrected chi connectivity index (χ4v) is 5.15. The smallest absolute Gasteiger partial charge is 0.332 e. The van der Waals surface area contributed by atoms with Crippen LogP contribution in [0, 0.1) is 11.8 Å². The summed E-state index contributed by atoms with van der Waals surface area (Å²) in [7, 11) is 1.66. The predicted octanol–water partition coefficient (Wildman–Crippen LogP) is 4.54. The van der Waals surface area contributed by atoms with Crippen LogP contribution in [-0.2, 0) is 14.3 Å². The molecule has 2 bridgehead atoms. The van der Waals surface area contributed by atoms with Gasteiger partial charge in [-0.3, -0.25) is 9.88 Å². The Hall–Kier alpha value is -2.44. The molecule has 172 valence electrons. The van der Waals surface area contributed by atoms with Crippen molar-refractivity contribution in [3.05, 3.63) is 48.7 Å². The van der Waals surface area contributed by atoms with Crippen LogP contribution in [-0.4, -0.2) is 54.3 Å². The fraction of sp³-hybridized carbons (Fsp3) is 0.538. The number of nitrogens with zero attached hydrogens (tertiary/aromatic N) is 2. The van der Waals surface area contributed by atoms with E-state index in [1.165, 1.54) is 6.42 Å². The van der Waals surface area contributed by atoms with E-state index in [0.717, 1.165) is 41.7 Å². The normalized spacial score (nSPS) is 26.0. The van der Waals surface area contributed by atoms with Crippen molar-refractivity contribution in [3.63, 3.8) is 0 Å². The van der Waals surface area contributed by atoms with Gasteiger partial charge in [-0.1, -0.05) is 6.08 Å². The summed E-state index contributed by atoms with van der Waals surface area (Å²) in [5.41, 5.74) is 1.37. The lowest BCUT2D eigenvalue weighted by atomic mass is 9.73. The lowest BCUT2D eigenvalue weighted by Gasteiger charge is -2.51. The average molecular weight is 439 g/mol. The van der Waals surface area contributed by atoms with Crippen molar-refractivity contribution in [2.24, 2.45) is 11.8 Å². The summed E-state index contributed by atoms with van der Waals surface area (Å²) < 4.78 is 17.3. The summed E-state index contributed by atoms with van der Waals surface area (Å²) in [6.07, 6.45) is 5.84. The molecule has 32 heavy (non-hydrogen) atoms. The van der Waals surface area contributed by atoms with Gasteiger partial charge < -0.3 is 14.2 Å². The van der Waals surface area contributed by atoms with Gasteiger partial charge in [0.1, 0.15) is 18.0 Å². The topological polar surface area (TPSA) is 60.9 Å². The van der Waals surface area contributed by atoms with Crippen molar-refractivity contribution < 1.29 is 19.0 Å². The zero-order valence-corrected chi connectivity index (χ0v) is 19.5. The first-order valence-corrected chi connectivity index (χ1v) is 11.4. The van der Waals surface area contributed by atoms with Crippen LogP contribution >= 0.6 is 0 Å². The molecule has 0 saturated carbocycles. The maximum absolute atomic E-state index is 12.5. The van der Waals surface area contributed by atoms with Gasteiger partial charge in [-0.05, 0) is 81.8 Å². The number of ether oxygens (including phenoxy) is 3. The molecule has 2 aromatic rings. The molecular weight excluding hydrogens is 404 g/mol. The summed E-state index contributed by atoms with van der Waals surface area (Å²) in [6, 6.07) is 8.07. The maximum atomic E-state index is 12.5. The van der Waals surface area contributed by atoms with Crippen molar-refractivity contribution in [1.82, 2.24) is 9.88 Å². The molecule has 3 saturated heterocycles. The van der Waals surface area contributed by atoms with Gasteiger partial charge in [0, 0.05) is 24.2 Å². The van der Waals surface area contributed by atoms with Gasteiger partial charge >= 0.3 is 5.97 Å². The molecule has 1 unspecified atom stereocenters. The first kappa shape index (κ1) is 22.7. The number of carbonyl (C=O) groups excluding carboxylic acids is 1. The maximum Gasteiger partial charge on any atom is 0.332 e. The third kappa shape index (κ3) is 4.81. The van der Waals surface area contributed by atoms with Gasteiger partial charge in [0.15, 0.2) is 0 Å². The molecule has 3 aliphatic rings. The number of aromatic nitrogens is 1. The average Bonchev–Trinajstić information content (AvgIpc) is 2.78. The molecule has 3 aliphatic heterocycles. The highest BCUT2D eigenvalue weighted by atomic mass is 16.6. The third-order valence-corrected chi connectivity index (χ3v) is 6.59. The monoisotopic (exact) mass is 438 g/mol. The molecule has 0 amide bonds. The SMILES string of the molecule is C=C[C@H]1CN2CC[C@H]1C[C@H]2[C@H](OCC(=O)OC(C)(C)C)c1ccnc2ccc(OC)cc12. The minimum atomic E-state index is -0.544. The van der Waals surface area contributed by atoms with Crippen molar-refractivity contribution in [3.8, 4) is 5.75 Å². The number of esters is 1. The minimum absolute atomic E-state index is 0.0877. The van der Waals surface area contributed by atoms with Crippen LogP contribution in [0.25, 0.3) is 10.9 Å². The minimum Gasteiger partial charge on any atom is -0.497 e. The van der Waals surface area contributed by atoms with Crippen molar-refractivity contribution in [2.45, 2.75) is 51.4 Å². The number of hydrogen-bond donors (Lipinski definition) is 0. The van der Waals surface area contributed by atoms with E-state index in [-0.39, 0.29) is 24.7 Å². The Kier molecular flexibility index (Phi) is 6.54. The lowest BCUT2D eigenvalue weighted by molar-refractivity contribution is -0.165. The van der Waals surface area contributed by atoms with Crippen molar-refractivity contribution in [2.75, 3.05) is 26.8 Å². The summed E-state index contributed by atoms with van der Waals surface area (Å²) in [5, 5.41) is 0.990. The Morgan fingerprint density at radius 1 is 1.34 bits per heavy atom. The number of pyridine rings is 1. The van der Waals surface area contributed by atoms with Gasteiger partial charge in [0.05, 0.1) is 18.7 Å². The molecule has 0 spiro atoms. The number of fused-ring (bicyclic) bond motifs is 4. The molecule has 6 heteroatoms. The first-order chi connectivity index (χ1) is 15.3. The third-order valence-electron chi connectivity index (χ3n) is 6.59. The number of piperidine rings is 3. The highest BCUT2D eigenvalue weighted by Gasteiger charge is 2.43. The van der Waals surface area contributed by atoms with E-state index < -0.39 is 5.60 Å². The zero-order valence-electron chi connectivity index (χ0n) is 19.5. The standard InChI is InChI=1S/C26H34N2O4/c1-6-17-15-28-12-10-18(17)13-23(28)25(31-16-24(29)32-26(2,3)4)20-9-11-27-22-8-7-19(30-5)14-21(20)22/h6-9,11,14,17-18,23,25H,1,10,12-13,15-16H2,2-5H3/t17-,18-,23-,25+/m0/s1. The molecule has 3 fully saturated rings. The van der Waals surface area contributed by atoms with E-state index in [1.54, 1.807) is 7.11 Å². The number of hydrogen-bond acceptors (Lipinski definition) is 6.